The summed E-state index contributed by atoms with van der Waals surface area (Å²) in [4.78, 5) is 12.5. The van der Waals surface area contributed by atoms with E-state index in [9.17, 15) is 9.18 Å². The SMILES string of the molecule is Cl.NCCc1ccc(Oc2ccc(F)c(C(=O)Nc3nnc(C4CC4)s3)c2)cc1. The average Bonchev–Trinajstić information content (AvgIpc) is 3.44. The molecule has 9 heteroatoms. The zero-order chi connectivity index (χ0) is 19.5. The number of benzene rings is 2. The summed E-state index contributed by atoms with van der Waals surface area (Å²) in [7, 11) is 0. The number of hydrogen-bond acceptors (Lipinski definition) is 6. The van der Waals surface area contributed by atoms with Crippen molar-refractivity contribution in [1.82, 2.24) is 10.2 Å². The molecule has 29 heavy (non-hydrogen) atoms. The van der Waals surface area contributed by atoms with Crippen LogP contribution in [-0.4, -0.2) is 22.6 Å². The number of ether oxygens (including phenoxy) is 1. The van der Waals surface area contributed by atoms with Gasteiger partial charge in [0, 0.05) is 5.92 Å². The lowest BCUT2D eigenvalue weighted by molar-refractivity contribution is 0.102. The fourth-order valence-corrected chi connectivity index (χ4v) is 3.62. The summed E-state index contributed by atoms with van der Waals surface area (Å²) in [5.41, 5.74) is 6.54. The molecular formula is C20H20ClFN4O2S. The fourth-order valence-electron chi connectivity index (χ4n) is 2.71. The van der Waals surface area contributed by atoms with Gasteiger partial charge in [-0.2, -0.15) is 0 Å². The molecule has 1 aliphatic rings. The van der Waals surface area contributed by atoms with E-state index in [1.807, 2.05) is 24.3 Å². The van der Waals surface area contributed by atoms with Crippen LogP contribution in [0.3, 0.4) is 0 Å². The molecule has 2 aromatic carbocycles. The van der Waals surface area contributed by atoms with Gasteiger partial charge in [-0.3, -0.25) is 10.1 Å². The van der Waals surface area contributed by atoms with Gasteiger partial charge in [0.15, 0.2) is 0 Å². The molecule has 0 aliphatic heterocycles. The van der Waals surface area contributed by atoms with Gasteiger partial charge in [0.1, 0.15) is 22.3 Å². The quantitative estimate of drug-likeness (QED) is 0.570. The first-order valence-electron chi connectivity index (χ1n) is 9.03. The van der Waals surface area contributed by atoms with Gasteiger partial charge >= 0.3 is 0 Å². The smallest absolute Gasteiger partial charge is 0.260 e. The van der Waals surface area contributed by atoms with Crippen LogP contribution in [0, 0.1) is 5.82 Å². The third-order valence-corrected chi connectivity index (χ3v) is 5.36. The van der Waals surface area contributed by atoms with Gasteiger partial charge in [0.25, 0.3) is 5.91 Å². The number of carbonyl (C=O) groups excluding carboxylic acids is 1. The summed E-state index contributed by atoms with van der Waals surface area (Å²) >= 11 is 1.33. The summed E-state index contributed by atoms with van der Waals surface area (Å²) in [5, 5.41) is 11.9. The lowest BCUT2D eigenvalue weighted by atomic mass is 10.1. The van der Waals surface area contributed by atoms with E-state index in [-0.39, 0.29) is 18.0 Å². The molecule has 0 atom stereocenters. The lowest BCUT2D eigenvalue weighted by Gasteiger charge is -2.09. The Bertz CT molecular complexity index is 992. The van der Waals surface area contributed by atoms with Gasteiger partial charge in [-0.05, 0) is 61.7 Å². The molecule has 6 nitrogen and oxygen atoms in total. The van der Waals surface area contributed by atoms with Crippen molar-refractivity contribution in [3.8, 4) is 11.5 Å². The Labute approximate surface area is 177 Å². The lowest BCUT2D eigenvalue weighted by Crippen LogP contribution is -2.13. The molecule has 3 aromatic rings. The van der Waals surface area contributed by atoms with Gasteiger partial charge in [0.2, 0.25) is 5.13 Å². The highest BCUT2D eigenvalue weighted by molar-refractivity contribution is 7.15. The molecule has 0 bridgehead atoms. The van der Waals surface area contributed by atoms with Gasteiger partial charge in [-0.1, -0.05) is 23.5 Å². The van der Waals surface area contributed by atoms with E-state index in [0.717, 1.165) is 29.8 Å². The number of halogens is 2. The molecule has 4 rings (SSSR count). The minimum Gasteiger partial charge on any atom is -0.457 e. The fraction of sp³-hybridized carbons (Fsp3) is 0.250. The van der Waals surface area contributed by atoms with Crippen LogP contribution in [0.15, 0.2) is 42.5 Å². The van der Waals surface area contributed by atoms with Crippen LogP contribution in [0.5, 0.6) is 11.5 Å². The van der Waals surface area contributed by atoms with Crippen molar-refractivity contribution in [2.75, 3.05) is 11.9 Å². The van der Waals surface area contributed by atoms with E-state index >= 15 is 0 Å². The van der Waals surface area contributed by atoms with E-state index < -0.39 is 11.7 Å². The number of anilines is 1. The average molecular weight is 435 g/mol. The molecule has 1 fully saturated rings. The highest BCUT2D eigenvalue weighted by Gasteiger charge is 2.28. The second-order valence-corrected chi connectivity index (χ2v) is 7.61. The number of hydrogen-bond donors (Lipinski definition) is 2. The number of aromatic nitrogens is 2. The van der Waals surface area contributed by atoms with Crippen molar-refractivity contribution in [2.24, 2.45) is 5.73 Å². The Balaban J connectivity index is 0.00000240. The van der Waals surface area contributed by atoms with E-state index in [1.165, 1.54) is 29.5 Å². The Kier molecular flexibility index (Phi) is 6.79. The van der Waals surface area contributed by atoms with Crippen LogP contribution in [0.4, 0.5) is 9.52 Å². The molecule has 0 spiro atoms. The second-order valence-electron chi connectivity index (χ2n) is 6.60. The molecule has 152 valence electrons. The molecule has 1 amide bonds. The number of nitrogens with zero attached hydrogens (tertiary/aromatic N) is 2. The third kappa shape index (κ3) is 5.29. The van der Waals surface area contributed by atoms with Gasteiger partial charge < -0.3 is 10.5 Å². The molecule has 0 radical (unpaired) electrons. The predicted octanol–water partition coefficient (Wildman–Crippen LogP) is 4.52. The molecular weight excluding hydrogens is 415 g/mol. The first kappa shape index (κ1) is 21.2. The molecule has 0 unspecified atom stereocenters. The van der Waals surface area contributed by atoms with Crippen molar-refractivity contribution in [3.63, 3.8) is 0 Å². The minimum absolute atomic E-state index is 0. The molecule has 1 heterocycles. The molecule has 1 aliphatic carbocycles. The zero-order valence-corrected chi connectivity index (χ0v) is 17.1. The Morgan fingerprint density at radius 3 is 2.59 bits per heavy atom. The molecule has 3 N–H and O–H groups in total. The van der Waals surface area contributed by atoms with Gasteiger partial charge in [-0.15, -0.1) is 22.6 Å². The number of rotatable bonds is 7. The summed E-state index contributed by atoms with van der Waals surface area (Å²) < 4.78 is 19.9. The molecule has 1 aromatic heterocycles. The summed E-state index contributed by atoms with van der Waals surface area (Å²) in [6, 6.07) is 11.5. The maximum atomic E-state index is 14.2. The van der Waals surface area contributed by atoms with E-state index in [4.69, 9.17) is 10.5 Å². The van der Waals surface area contributed by atoms with Crippen LogP contribution in [0.2, 0.25) is 0 Å². The van der Waals surface area contributed by atoms with E-state index in [2.05, 4.69) is 15.5 Å². The third-order valence-electron chi connectivity index (χ3n) is 4.36. The molecule has 0 saturated heterocycles. The van der Waals surface area contributed by atoms with Crippen LogP contribution >= 0.6 is 23.7 Å². The van der Waals surface area contributed by atoms with Gasteiger partial charge in [0.05, 0.1) is 5.56 Å². The largest absolute Gasteiger partial charge is 0.457 e. The van der Waals surface area contributed by atoms with E-state index in [1.54, 1.807) is 0 Å². The van der Waals surface area contributed by atoms with Crippen molar-refractivity contribution in [3.05, 3.63) is 64.4 Å². The maximum Gasteiger partial charge on any atom is 0.260 e. The number of nitrogens with one attached hydrogen (secondary N) is 1. The van der Waals surface area contributed by atoms with Gasteiger partial charge in [-0.25, -0.2) is 4.39 Å². The molecule has 1 saturated carbocycles. The minimum atomic E-state index is -0.630. The Morgan fingerprint density at radius 1 is 1.17 bits per heavy atom. The first-order valence-corrected chi connectivity index (χ1v) is 9.85. The van der Waals surface area contributed by atoms with Crippen LogP contribution < -0.4 is 15.8 Å². The zero-order valence-electron chi connectivity index (χ0n) is 15.4. The van der Waals surface area contributed by atoms with Crippen molar-refractivity contribution < 1.29 is 13.9 Å². The van der Waals surface area contributed by atoms with Crippen LogP contribution in [0.25, 0.3) is 0 Å². The highest BCUT2D eigenvalue weighted by atomic mass is 35.5. The monoisotopic (exact) mass is 434 g/mol. The number of amides is 1. The topological polar surface area (TPSA) is 90.1 Å². The summed E-state index contributed by atoms with van der Waals surface area (Å²) in [6.07, 6.45) is 2.99. The van der Waals surface area contributed by atoms with Crippen LogP contribution in [0.1, 0.15) is 39.7 Å². The predicted molar refractivity (Wildman–Crippen MR) is 113 cm³/mol. The van der Waals surface area contributed by atoms with E-state index in [0.29, 0.717) is 29.1 Å². The standard InChI is InChI=1S/C20H19FN4O2S.ClH/c21-17-8-7-15(27-14-5-1-12(2-6-14)9-10-22)11-16(17)18(26)23-20-25-24-19(28-20)13-3-4-13;/h1-2,5-8,11,13H,3-4,9-10,22H2,(H,23,25,26);1H. The van der Waals surface area contributed by atoms with Crippen molar-refractivity contribution in [1.29, 1.82) is 0 Å². The normalized spacial score (nSPS) is 12.9. The Morgan fingerprint density at radius 2 is 1.90 bits per heavy atom. The summed E-state index contributed by atoms with van der Waals surface area (Å²) in [5.74, 6) is 0.202. The van der Waals surface area contributed by atoms with Crippen molar-refractivity contribution >= 4 is 34.8 Å². The van der Waals surface area contributed by atoms with Crippen LogP contribution in [-0.2, 0) is 6.42 Å². The Hall–Kier alpha value is -2.55. The highest BCUT2D eigenvalue weighted by Crippen LogP contribution is 2.42. The summed E-state index contributed by atoms with van der Waals surface area (Å²) in [6.45, 7) is 0.577. The number of carbonyl (C=O) groups is 1. The number of nitrogens with two attached hydrogens (primary N) is 1. The second kappa shape index (κ2) is 9.30. The van der Waals surface area contributed by atoms with Crippen molar-refractivity contribution in [2.45, 2.75) is 25.2 Å². The first-order chi connectivity index (χ1) is 13.6. The maximum absolute atomic E-state index is 14.2.